The maximum Gasteiger partial charge on any atom is 0.328 e. The lowest BCUT2D eigenvalue weighted by Crippen LogP contribution is -2.40. The van der Waals surface area contributed by atoms with Gasteiger partial charge >= 0.3 is 6.03 Å². The van der Waals surface area contributed by atoms with E-state index in [1.807, 2.05) is 19.1 Å². The van der Waals surface area contributed by atoms with E-state index in [1.165, 1.54) is 17.2 Å². The summed E-state index contributed by atoms with van der Waals surface area (Å²) in [5.41, 5.74) is 1.97. The van der Waals surface area contributed by atoms with E-state index in [0.29, 0.717) is 56.8 Å². The van der Waals surface area contributed by atoms with Crippen LogP contribution in [0.3, 0.4) is 0 Å². The summed E-state index contributed by atoms with van der Waals surface area (Å²) in [6.07, 6.45) is 4.21. The Hall–Kier alpha value is -4.04. The summed E-state index contributed by atoms with van der Waals surface area (Å²) in [5, 5.41) is 12.0. The molecule has 2 aromatic rings. The Morgan fingerprint density at radius 1 is 1.33 bits per heavy atom. The predicted molar refractivity (Wildman–Crippen MR) is 130 cm³/mol. The van der Waals surface area contributed by atoms with Crippen molar-refractivity contribution in [1.29, 1.82) is 5.26 Å². The molecule has 188 valence electrons. The zero-order valence-electron chi connectivity index (χ0n) is 20.3. The highest BCUT2D eigenvalue weighted by atomic mass is 16.5. The zero-order chi connectivity index (χ0) is 25.7. The van der Waals surface area contributed by atoms with Crippen LogP contribution in [0.15, 0.2) is 18.3 Å². The molecule has 0 aliphatic carbocycles. The monoisotopic (exact) mass is 492 g/mol. The molecule has 2 aromatic heterocycles. The number of urea groups is 1. The van der Waals surface area contributed by atoms with Crippen LogP contribution < -0.4 is 15.0 Å². The fourth-order valence-electron chi connectivity index (χ4n) is 4.36. The van der Waals surface area contributed by atoms with E-state index >= 15 is 0 Å². The number of aldehydes is 1. The number of pyridine rings is 2. The normalized spacial score (nSPS) is 16.9. The Kier molecular flexibility index (Phi) is 7.75. The number of fused-ring (bicyclic) bond motifs is 1. The number of hydrogen-bond acceptors (Lipinski definition) is 8. The van der Waals surface area contributed by atoms with Gasteiger partial charge in [-0.15, -0.1) is 0 Å². The first-order valence-corrected chi connectivity index (χ1v) is 11.8. The molecule has 0 saturated carbocycles. The Balaban J connectivity index is 1.54. The van der Waals surface area contributed by atoms with E-state index in [-0.39, 0.29) is 41.3 Å². The molecule has 2 aliphatic heterocycles. The summed E-state index contributed by atoms with van der Waals surface area (Å²) in [6, 6.07) is 4.91. The average Bonchev–Trinajstić information content (AvgIpc) is 3.20. The highest BCUT2D eigenvalue weighted by Gasteiger charge is 2.30. The molecule has 3 amide bonds. The maximum atomic E-state index is 13.2. The number of nitrogens with zero attached hydrogens (tertiary/aromatic N) is 5. The number of carbonyl (C=O) groups excluding carboxylic acids is 3. The number of aryl methyl sites for hydroxylation is 1. The molecular formula is C25H28N6O5. The van der Waals surface area contributed by atoms with Gasteiger partial charge in [-0.05, 0) is 30.9 Å². The quantitative estimate of drug-likeness (QED) is 0.438. The summed E-state index contributed by atoms with van der Waals surface area (Å²) in [4.78, 5) is 49.3. The highest BCUT2D eigenvalue weighted by Crippen LogP contribution is 2.30. The molecule has 1 saturated heterocycles. The van der Waals surface area contributed by atoms with E-state index in [1.54, 1.807) is 12.0 Å². The number of rotatable bonds is 8. The van der Waals surface area contributed by atoms with Crippen molar-refractivity contribution in [3.63, 3.8) is 0 Å². The molecule has 4 rings (SSSR count). The van der Waals surface area contributed by atoms with E-state index in [0.717, 1.165) is 12.0 Å². The van der Waals surface area contributed by atoms with Crippen molar-refractivity contribution in [2.75, 3.05) is 43.6 Å². The fraction of sp³-hybridized carbons (Fsp3) is 0.440. The number of nitriles is 1. The molecule has 1 atom stereocenters. The molecule has 0 unspecified atom stereocenters. The van der Waals surface area contributed by atoms with Crippen LogP contribution in [0.2, 0.25) is 0 Å². The van der Waals surface area contributed by atoms with Crippen LogP contribution in [0.4, 0.5) is 16.4 Å². The fourth-order valence-corrected chi connectivity index (χ4v) is 4.36. The Morgan fingerprint density at radius 3 is 2.86 bits per heavy atom. The van der Waals surface area contributed by atoms with E-state index in [9.17, 15) is 19.6 Å². The second-order valence-electron chi connectivity index (χ2n) is 8.79. The molecular weight excluding hydrogens is 464 g/mol. The van der Waals surface area contributed by atoms with Gasteiger partial charge in [0.25, 0.3) is 0 Å². The van der Waals surface area contributed by atoms with Crippen LogP contribution in [0, 0.1) is 17.2 Å². The third-order valence-corrected chi connectivity index (χ3v) is 6.32. The number of ether oxygens (including phenoxy) is 2. The number of methoxy groups -OCH3 is 1. The van der Waals surface area contributed by atoms with Crippen molar-refractivity contribution in [3.8, 4) is 11.8 Å². The van der Waals surface area contributed by atoms with Crippen LogP contribution in [0.5, 0.6) is 5.75 Å². The maximum absolute atomic E-state index is 13.2. The first kappa shape index (κ1) is 25.1. The van der Waals surface area contributed by atoms with Crippen LogP contribution in [0.1, 0.15) is 46.9 Å². The minimum Gasteiger partial charge on any atom is -0.490 e. The van der Waals surface area contributed by atoms with Gasteiger partial charge in [-0.3, -0.25) is 19.8 Å². The summed E-state index contributed by atoms with van der Waals surface area (Å²) >= 11 is 0. The third-order valence-electron chi connectivity index (χ3n) is 6.32. The molecule has 2 aliphatic rings. The van der Waals surface area contributed by atoms with Gasteiger partial charge in [0.2, 0.25) is 5.91 Å². The van der Waals surface area contributed by atoms with Gasteiger partial charge in [-0.2, -0.15) is 5.26 Å². The molecule has 0 aromatic carbocycles. The number of carbonyl (C=O) groups is 3. The first-order valence-electron chi connectivity index (χ1n) is 11.8. The summed E-state index contributed by atoms with van der Waals surface area (Å²) < 4.78 is 10.5. The van der Waals surface area contributed by atoms with E-state index in [4.69, 9.17) is 9.47 Å². The topological polar surface area (TPSA) is 138 Å². The van der Waals surface area contributed by atoms with Crippen molar-refractivity contribution in [2.45, 2.75) is 32.7 Å². The highest BCUT2D eigenvalue weighted by molar-refractivity contribution is 6.01. The van der Waals surface area contributed by atoms with Gasteiger partial charge in [0.1, 0.15) is 41.3 Å². The first-order chi connectivity index (χ1) is 17.4. The Morgan fingerprint density at radius 2 is 2.17 bits per heavy atom. The smallest absolute Gasteiger partial charge is 0.328 e. The van der Waals surface area contributed by atoms with Crippen molar-refractivity contribution in [1.82, 2.24) is 14.9 Å². The molecule has 36 heavy (non-hydrogen) atoms. The molecule has 0 bridgehead atoms. The van der Waals surface area contributed by atoms with Gasteiger partial charge in [-0.1, -0.05) is 6.92 Å². The molecule has 1 N–H and O–H groups in total. The lowest BCUT2D eigenvalue weighted by molar-refractivity contribution is -0.131. The van der Waals surface area contributed by atoms with Gasteiger partial charge in [-0.25, -0.2) is 14.8 Å². The van der Waals surface area contributed by atoms with Gasteiger partial charge in [0.15, 0.2) is 6.29 Å². The van der Waals surface area contributed by atoms with Gasteiger partial charge in [0.05, 0.1) is 12.8 Å². The van der Waals surface area contributed by atoms with Crippen LogP contribution in [0.25, 0.3) is 0 Å². The molecule has 4 heterocycles. The van der Waals surface area contributed by atoms with Gasteiger partial charge in [0, 0.05) is 44.3 Å². The number of anilines is 2. The molecule has 11 heteroatoms. The molecule has 1 fully saturated rings. The second kappa shape index (κ2) is 11.1. The van der Waals surface area contributed by atoms with Crippen LogP contribution >= 0.6 is 0 Å². The lowest BCUT2D eigenvalue weighted by atomic mass is 10.0. The largest absolute Gasteiger partial charge is 0.490 e. The molecule has 11 nitrogen and oxygen atoms in total. The summed E-state index contributed by atoms with van der Waals surface area (Å²) in [7, 11) is 1.54. The minimum atomic E-state index is -0.461. The van der Waals surface area contributed by atoms with Crippen LogP contribution in [-0.2, 0) is 22.5 Å². The SMILES string of the molecule is COCCOc1cc(NC(=O)N2CCCc3cc(CN4CC[C@H](C)C4=O)c(C=O)nc32)ncc1C#N. The van der Waals surface area contributed by atoms with Crippen molar-refractivity contribution in [2.24, 2.45) is 5.92 Å². The van der Waals surface area contributed by atoms with Crippen molar-refractivity contribution in [3.05, 3.63) is 40.7 Å². The predicted octanol–water partition coefficient (Wildman–Crippen LogP) is 2.54. The molecule has 0 radical (unpaired) electrons. The number of nitrogens with one attached hydrogen (secondary N) is 1. The zero-order valence-corrected chi connectivity index (χ0v) is 20.3. The number of amides is 3. The summed E-state index contributed by atoms with van der Waals surface area (Å²) in [6.45, 7) is 3.88. The summed E-state index contributed by atoms with van der Waals surface area (Å²) in [5.74, 6) is 0.973. The molecule has 0 spiro atoms. The average molecular weight is 493 g/mol. The minimum absolute atomic E-state index is 0.0174. The van der Waals surface area contributed by atoms with Crippen LogP contribution in [-0.4, -0.2) is 66.5 Å². The van der Waals surface area contributed by atoms with Crippen molar-refractivity contribution < 1.29 is 23.9 Å². The lowest BCUT2D eigenvalue weighted by Gasteiger charge is -2.29. The number of likely N-dealkylation sites (tertiary alicyclic amines) is 1. The number of aromatic nitrogens is 2. The van der Waals surface area contributed by atoms with E-state index in [2.05, 4.69) is 15.3 Å². The Bertz CT molecular complexity index is 1210. The number of hydrogen-bond donors (Lipinski definition) is 1. The second-order valence-corrected chi connectivity index (χ2v) is 8.79. The van der Waals surface area contributed by atoms with E-state index < -0.39 is 6.03 Å². The Labute approximate surface area is 209 Å². The third kappa shape index (κ3) is 5.28. The van der Waals surface area contributed by atoms with Crippen molar-refractivity contribution >= 4 is 29.9 Å². The van der Waals surface area contributed by atoms with Gasteiger partial charge < -0.3 is 14.4 Å². The standard InChI is InChI=1S/C25H28N6O5/c1-16-5-7-30(24(16)33)14-18-10-17-4-3-6-31(23(17)28-20(18)15-32)25(34)29-22-11-21(36-9-8-35-2)19(12-26)13-27-22/h10-11,13,15-16H,3-9,14H2,1-2H3,(H,27,29,34)/t16-/m0/s1.